The van der Waals surface area contributed by atoms with E-state index in [0.29, 0.717) is 8.95 Å². The number of rotatable bonds is 4. The van der Waals surface area contributed by atoms with Gasteiger partial charge in [0.15, 0.2) is 0 Å². The minimum Gasteiger partial charge on any atom is -0.478 e. The number of anilines is 1. The van der Waals surface area contributed by atoms with Crippen LogP contribution in [-0.4, -0.2) is 23.1 Å². The van der Waals surface area contributed by atoms with Crippen LogP contribution in [0.25, 0.3) is 0 Å². The maximum absolute atomic E-state index is 11.7. The predicted octanol–water partition coefficient (Wildman–Crippen LogP) is 3.61. The van der Waals surface area contributed by atoms with Crippen molar-refractivity contribution in [2.45, 2.75) is 13.0 Å². The summed E-state index contributed by atoms with van der Waals surface area (Å²) in [6, 6.07) is 2.35. The molecule has 0 spiro atoms. The van der Waals surface area contributed by atoms with Gasteiger partial charge in [-0.25, -0.2) is 9.59 Å². The molecule has 19 heavy (non-hydrogen) atoms. The molecule has 1 aromatic carbocycles. The number of hydrogen-bond donors (Lipinski definition) is 3. The zero-order chi connectivity index (χ0) is 14.6. The first-order valence-corrected chi connectivity index (χ1v) is 6.86. The Bertz CT molecular complexity index is 532. The van der Waals surface area contributed by atoms with Crippen LogP contribution >= 0.6 is 31.9 Å². The van der Waals surface area contributed by atoms with Crippen molar-refractivity contribution in [3.8, 4) is 0 Å². The summed E-state index contributed by atoms with van der Waals surface area (Å²) in [5, 5.41) is 14.2. The number of carboxylic acid groups (broad SMARTS) is 1. The highest BCUT2D eigenvalue weighted by molar-refractivity contribution is 9.11. The summed E-state index contributed by atoms with van der Waals surface area (Å²) in [6.07, 6.45) is 1.56. The van der Waals surface area contributed by atoms with Crippen LogP contribution in [0, 0.1) is 0 Å². The topological polar surface area (TPSA) is 78.4 Å². The fourth-order valence-corrected chi connectivity index (χ4v) is 2.61. The number of benzene rings is 1. The van der Waals surface area contributed by atoms with Crippen LogP contribution < -0.4 is 10.6 Å². The number of urea groups is 1. The third-order valence-corrected chi connectivity index (χ3v) is 3.32. The minimum atomic E-state index is -1.13. The summed E-state index contributed by atoms with van der Waals surface area (Å²) in [6.45, 7) is 5.29. The van der Waals surface area contributed by atoms with E-state index in [1.807, 2.05) is 0 Å². The second-order valence-corrected chi connectivity index (χ2v) is 5.51. The van der Waals surface area contributed by atoms with E-state index < -0.39 is 12.0 Å². The first kappa shape index (κ1) is 15.7. The normalized spacial score (nSPS) is 11.5. The molecule has 7 heteroatoms. The van der Waals surface area contributed by atoms with Gasteiger partial charge in [0, 0.05) is 15.0 Å². The Morgan fingerprint density at radius 2 is 2.05 bits per heavy atom. The molecule has 102 valence electrons. The largest absolute Gasteiger partial charge is 0.478 e. The molecule has 1 unspecified atom stereocenters. The third kappa shape index (κ3) is 4.36. The highest BCUT2D eigenvalue weighted by Gasteiger charge is 2.17. The Balaban J connectivity index is 3.03. The van der Waals surface area contributed by atoms with Crippen LogP contribution in [0.1, 0.15) is 17.3 Å². The smallest absolute Gasteiger partial charge is 0.337 e. The molecule has 0 saturated heterocycles. The van der Waals surface area contributed by atoms with Gasteiger partial charge in [-0.3, -0.25) is 0 Å². The van der Waals surface area contributed by atoms with E-state index in [2.05, 4.69) is 49.1 Å². The molecule has 0 aromatic heterocycles. The van der Waals surface area contributed by atoms with Gasteiger partial charge in [-0.05, 0) is 35.0 Å². The highest BCUT2D eigenvalue weighted by Crippen LogP contribution is 2.30. The van der Waals surface area contributed by atoms with Gasteiger partial charge in [-0.2, -0.15) is 0 Å². The SMILES string of the molecule is C=CC(C)NC(=O)Nc1c(Br)cc(Br)cc1C(=O)O. The van der Waals surface area contributed by atoms with Crippen molar-refractivity contribution >= 4 is 49.5 Å². The number of carboxylic acids is 1. The second-order valence-electron chi connectivity index (χ2n) is 3.74. The van der Waals surface area contributed by atoms with Crippen LogP contribution in [0.2, 0.25) is 0 Å². The molecule has 3 N–H and O–H groups in total. The molecule has 0 radical (unpaired) electrons. The van der Waals surface area contributed by atoms with Crippen LogP contribution in [0.15, 0.2) is 33.7 Å². The molecule has 0 bridgehead atoms. The lowest BCUT2D eigenvalue weighted by Gasteiger charge is -2.14. The summed E-state index contributed by atoms with van der Waals surface area (Å²) >= 11 is 6.42. The average molecular weight is 392 g/mol. The molecule has 5 nitrogen and oxygen atoms in total. The van der Waals surface area contributed by atoms with Gasteiger partial charge in [0.1, 0.15) is 0 Å². The van der Waals surface area contributed by atoms with Crippen LogP contribution in [0.3, 0.4) is 0 Å². The molecule has 0 aliphatic rings. The summed E-state index contributed by atoms with van der Waals surface area (Å²) in [5.74, 6) is -1.13. The number of hydrogen-bond acceptors (Lipinski definition) is 2. The Morgan fingerprint density at radius 1 is 1.42 bits per heavy atom. The van der Waals surface area contributed by atoms with Gasteiger partial charge in [-0.15, -0.1) is 6.58 Å². The molecule has 1 atom stereocenters. The van der Waals surface area contributed by atoms with E-state index in [9.17, 15) is 9.59 Å². The van der Waals surface area contributed by atoms with Gasteiger partial charge < -0.3 is 15.7 Å². The maximum atomic E-state index is 11.7. The molecule has 1 rings (SSSR count). The van der Waals surface area contributed by atoms with Gasteiger partial charge in [0.05, 0.1) is 11.3 Å². The molecule has 0 heterocycles. The summed E-state index contributed by atoms with van der Waals surface area (Å²) in [7, 11) is 0. The van der Waals surface area contributed by atoms with Gasteiger partial charge in [0.25, 0.3) is 0 Å². The average Bonchev–Trinajstić information content (AvgIpc) is 2.31. The summed E-state index contributed by atoms with van der Waals surface area (Å²) in [5.41, 5.74) is 0.187. The van der Waals surface area contributed by atoms with E-state index in [1.165, 1.54) is 6.07 Å². The van der Waals surface area contributed by atoms with Crippen molar-refractivity contribution in [1.82, 2.24) is 5.32 Å². The quantitative estimate of drug-likeness (QED) is 0.686. The van der Waals surface area contributed by atoms with Gasteiger partial charge in [0.2, 0.25) is 0 Å². The number of carbonyl (C=O) groups excluding carboxylic acids is 1. The predicted molar refractivity (Wildman–Crippen MR) is 80.6 cm³/mol. The molecular formula is C12H12Br2N2O3. The van der Waals surface area contributed by atoms with E-state index >= 15 is 0 Å². The third-order valence-electron chi connectivity index (χ3n) is 2.24. The molecule has 0 fully saturated rings. The lowest BCUT2D eigenvalue weighted by molar-refractivity contribution is 0.0698. The van der Waals surface area contributed by atoms with Crippen molar-refractivity contribution in [3.63, 3.8) is 0 Å². The van der Waals surface area contributed by atoms with Crippen LogP contribution in [0.4, 0.5) is 10.5 Å². The fourth-order valence-electron chi connectivity index (χ4n) is 1.28. The standard InChI is InChI=1S/C12H12Br2N2O3/c1-3-6(2)15-12(19)16-10-8(11(17)18)4-7(13)5-9(10)14/h3-6H,1H2,2H3,(H,17,18)(H2,15,16,19). The molecule has 1 aromatic rings. The molecule has 0 aliphatic carbocycles. The molecule has 2 amide bonds. The zero-order valence-electron chi connectivity index (χ0n) is 10.0. The Kier molecular flexibility index (Phi) is 5.56. The highest BCUT2D eigenvalue weighted by atomic mass is 79.9. The van der Waals surface area contributed by atoms with Crippen LogP contribution in [-0.2, 0) is 0 Å². The number of amides is 2. The number of halogens is 2. The van der Waals surface area contributed by atoms with E-state index in [1.54, 1.807) is 19.1 Å². The van der Waals surface area contributed by atoms with Crippen molar-refractivity contribution in [1.29, 1.82) is 0 Å². The van der Waals surface area contributed by atoms with Gasteiger partial charge >= 0.3 is 12.0 Å². The number of nitrogens with one attached hydrogen (secondary N) is 2. The zero-order valence-corrected chi connectivity index (χ0v) is 13.2. The molecule has 0 aliphatic heterocycles. The Morgan fingerprint density at radius 3 is 2.58 bits per heavy atom. The Labute approximate surface area is 127 Å². The summed E-state index contributed by atoms with van der Waals surface area (Å²) in [4.78, 5) is 22.9. The monoisotopic (exact) mass is 390 g/mol. The number of carbonyl (C=O) groups is 2. The van der Waals surface area contributed by atoms with Crippen molar-refractivity contribution in [3.05, 3.63) is 39.3 Å². The van der Waals surface area contributed by atoms with E-state index in [-0.39, 0.29) is 17.3 Å². The first-order chi connectivity index (χ1) is 8.85. The summed E-state index contributed by atoms with van der Waals surface area (Å²) < 4.78 is 1.07. The molecular weight excluding hydrogens is 380 g/mol. The van der Waals surface area contributed by atoms with E-state index in [4.69, 9.17) is 5.11 Å². The molecule has 0 saturated carbocycles. The first-order valence-electron chi connectivity index (χ1n) is 5.27. The Hall–Kier alpha value is -1.34. The van der Waals surface area contributed by atoms with E-state index in [0.717, 1.165) is 0 Å². The minimum absolute atomic E-state index is 0.0114. The van der Waals surface area contributed by atoms with Crippen molar-refractivity contribution < 1.29 is 14.7 Å². The fraction of sp³-hybridized carbons (Fsp3) is 0.167. The lowest BCUT2D eigenvalue weighted by atomic mass is 10.2. The van der Waals surface area contributed by atoms with Crippen molar-refractivity contribution in [2.75, 3.05) is 5.32 Å². The number of aromatic carboxylic acids is 1. The van der Waals surface area contributed by atoms with Crippen LogP contribution in [0.5, 0.6) is 0 Å². The van der Waals surface area contributed by atoms with Gasteiger partial charge in [-0.1, -0.05) is 22.0 Å². The second kappa shape index (κ2) is 6.72. The van der Waals surface area contributed by atoms with Crippen molar-refractivity contribution in [2.24, 2.45) is 0 Å². The maximum Gasteiger partial charge on any atom is 0.337 e. The lowest BCUT2D eigenvalue weighted by Crippen LogP contribution is -2.35.